The van der Waals surface area contributed by atoms with Gasteiger partial charge < -0.3 is 10.4 Å². The second-order valence-corrected chi connectivity index (χ2v) is 5.50. The summed E-state index contributed by atoms with van der Waals surface area (Å²) in [7, 11) is 0. The van der Waals surface area contributed by atoms with E-state index in [9.17, 15) is 5.11 Å². The van der Waals surface area contributed by atoms with Gasteiger partial charge in [0.15, 0.2) is 0 Å². The molecule has 0 aliphatic rings. The molecule has 96 valence electrons. The number of aliphatic hydroxyl groups is 1. The van der Waals surface area contributed by atoms with Crippen LogP contribution in [0.1, 0.15) is 46.4 Å². The first-order chi connectivity index (χ1) is 7.72. The Balaban J connectivity index is 2.99. The minimum absolute atomic E-state index is 0.212. The van der Waals surface area contributed by atoms with Gasteiger partial charge in [-0.05, 0) is 20.8 Å². The molecule has 2 N–H and O–H groups in total. The van der Waals surface area contributed by atoms with E-state index in [-0.39, 0.29) is 5.92 Å². The van der Waals surface area contributed by atoms with Gasteiger partial charge in [0.05, 0.1) is 11.6 Å². The lowest BCUT2D eigenvalue weighted by molar-refractivity contribution is 0.133. The van der Waals surface area contributed by atoms with Crippen LogP contribution in [0, 0.1) is 0 Å². The second-order valence-electron chi connectivity index (χ2n) is 5.11. The number of hydrogen-bond donors (Lipinski definition) is 2. The van der Waals surface area contributed by atoms with Crippen molar-refractivity contribution < 1.29 is 5.11 Å². The van der Waals surface area contributed by atoms with Crippen molar-refractivity contribution in [3.63, 3.8) is 0 Å². The summed E-state index contributed by atoms with van der Waals surface area (Å²) in [6.07, 6.45) is -0.501. The van der Waals surface area contributed by atoms with Crippen molar-refractivity contribution in [2.45, 2.75) is 52.2 Å². The maximum atomic E-state index is 9.65. The molecule has 1 aromatic rings. The van der Waals surface area contributed by atoms with Gasteiger partial charge in [-0.3, -0.25) is 0 Å². The zero-order valence-corrected chi connectivity index (χ0v) is 11.7. The third-order valence-corrected chi connectivity index (χ3v) is 2.92. The van der Waals surface area contributed by atoms with Gasteiger partial charge in [-0.1, -0.05) is 25.4 Å². The number of anilines is 1. The highest BCUT2D eigenvalue weighted by atomic mass is 35.5. The van der Waals surface area contributed by atoms with Crippen LogP contribution >= 0.6 is 11.6 Å². The lowest BCUT2D eigenvalue weighted by atomic mass is 9.99. The minimum atomic E-state index is -0.501. The zero-order chi connectivity index (χ0) is 13.2. The molecule has 1 unspecified atom stereocenters. The Morgan fingerprint density at radius 1 is 1.29 bits per heavy atom. The van der Waals surface area contributed by atoms with E-state index < -0.39 is 11.6 Å². The van der Waals surface area contributed by atoms with Gasteiger partial charge in [0, 0.05) is 12.0 Å². The summed E-state index contributed by atoms with van der Waals surface area (Å²) in [5, 5.41) is 13.2. The lowest BCUT2D eigenvalue weighted by Gasteiger charge is -2.30. The fourth-order valence-corrected chi connectivity index (χ4v) is 1.38. The summed E-state index contributed by atoms with van der Waals surface area (Å²) in [5.74, 6) is 1.55. The molecule has 0 saturated carbocycles. The van der Waals surface area contributed by atoms with Crippen LogP contribution in [0.15, 0.2) is 6.07 Å². The number of aromatic nitrogens is 2. The molecule has 0 radical (unpaired) electrons. The van der Waals surface area contributed by atoms with E-state index in [0.29, 0.717) is 16.8 Å². The van der Waals surface area contributed by atoms with Crippen molar-refractivity contribution in [3.05, 3.63) is 17.0 Å². The molecule has 5 heteroatoms. The molecule has 0 bridgehead atoms. The van der Waals surface area contributed by atoms with Gasteiger partial charge in [-0.25, -0.2) is 9.97 Å². The molecule has 17 heavy (non-hydrogen) atoms. The Morgan fingerprint density at radius 3 is 2.35 bits per heavy atom. The number of rotatable bonds is 4. The number of halogens is 1. The number of nitrogens with zero attached hydrogens (tertiary/aromatic N) is 2. The van der Waals surface area contributed by atoms with E-state index >= 15 is 0 Å². The van der Waals surface area contributed by atoms with Crippen molar-refractivity contribution in [3.8, 4) is 0 Å². The van der Waals surface area contributed by atoms with Crippen LogP contribution in [-0.2, 0) is 0 Å². The summed E-state index contributed by atoms with van der Waals surface area (Å²) in [6.45, 7) is 9.56. The number of nitrogens with one attached hydrogen (secondary N) is 1. The van der Waals surface area contributed by atoms with Crippen LogP contribution < -0.4 is 5.32 Å². The molecule has 1 rings (SSSR count). The van der Waals surface area contributed by atoms with Crippen LogP contribution in [0.4, 0.5) is 5.82 Å². The summed E-state index contributed by atoms with van der Waals surface area (Å²) in [5.41, 5.74) is -0.466. The molecule has 1 atom stereocenters. The molecule has 0 aromatic carbocycles. The first-order valence-corrected chi connectivity index (χ1v) is 6.11. The molecule has 0 saturated heterocycles. The summed E-state index contributed by atoms with van der Waals surface area (Å²) >= 11 is 5.95. The summed E-state index contributed by atoms with van der Waals surface area (Å²) in [4.78, 5) is 8.54. The molecule has 0 amide bonds. The maximum absolute atomic E-state index is 9.65. The molecular weight excluding hydrogens is 238 g/mol. The SMILES string of the molecule is CC(C)c1nc(Cl)cc(NC(C)(C)C(C)O)n1. The van der Waals surface area contributed by atoms with Crippen LogP contribution in [0.25, 0.3) is 0 Å². The quantitative estimate of drug-likeness (QED) is 0.815. The molecule has 0 fully saturated rings. The average Bonchev–Trinajstić information content (AvgIpc) is 2.15. The standard InChI is InChI=1S/C12H20ClN3O/c1-7(2)11-14-9(13)6-10(15-11)16-12(4,5)8(3)17/h6-8,17H,1-5H3,(H,14,15,16). The molecule has 1 heterocycles. The highest BCUT2D eigenvalue weighted by Gasteiger charge is 2.24. The van der Waals surface area contributed by atoms with Gasteiger partial charge >= 0.3 is 0 Å². The van der Waals surface area contributed by atoms with Crippen LogP contribution in [0.2, 0.25) is 5.15 Å². The lowest BCUT2D eigenvalue weighted by Crippen LogP contribution is -2.42. The van der Waals surface area contributed by atoms with Gasteiger partial charge in [0.25, 0.3) is 0 Å². The Kier molecular flexibility index (Phi) is 4.33. The van der Waals surface area contributed by atoms with E-state index in [4.69, 9.17) is 11.6 Å². The Morgan fingerprint density at radius 2 is 1.88 bits per heavy atom. The van der Waals surface area contributed by atoms with Crippen molar-refractivity contribution in [2.75, 3.05) is 5.32 Å². The summed E-state index contributed by atoms with van der Waals surface area (Å²) in [6, 6.07) is 1.66. The largest absolute Gasteiger partial charge is 0.391 e. The van der Waals surface area contributed by atoms with Gasteiger partial charge in [-0.15, -0.1) is 0 Å². The minimum Gasteiger partial charge on any atom is -0.391 e. The fraction of sp³-hybridized carbons (Fsp3) is 0.667. The first-order valence-electron chi connectivity index (χ1n) is 5.73. The monoisotopic (exact) mass is 257 g/mol. The zero-order valence-electron chi connectivity index (χ0n) is 11.0. The van der Waals surface area contributed by atoms with Crippen LogP contribution in [0.3, 0.4) is 0 Å². The van der Waals surface area contributed by atoms with Crippen molar-refractivity contribution in [2.24, 2.45) is 0 Å². The fourth-order valence-electron chi connectivity index (χ4n) is 1.19. The third kappa shape index (κ3) is 3.82. The predicted molar refractivity (Wildman–Crippen MR) is 70.5 cm³/mol. The van der Waals surface area contributed by atoms with Gasteiger partial charge in [0.2, 0.25) is 0 Å². The Bertz CT molecular complexity index is 391. The van der Waals surface area contributed by atoms with E-state index in [1.165, 1.54) is 0 Å². The first kappa shape index (κ1) is 14.2. The number of aliphatic hydroxyl groups excluding tert-OH is 1. The average molecular weight is 258 g/mol. The van der Waals surface area contributed by atoms with Crippen molar-refractivity contribution >= 4 is 17.4 Å². The number of hydrogen-bond acceptors (Lipinski definition) is 4. The van der Waals surface area contributed by atoms with E-state index in [0.717, 1.165) is 0 Å². The highest BCUT2D eigenvalue weighted by Crippen LogP contribution is 2.21. The summed E-state index contributed by atoms with van der Waals surface area (Å²) < 4.78 is 0. The molecule has 0 spiro atoms. The highest BCUT2D eigenvalue weighted by molar-refractivity contribution is 6.29. The molecule has 4 nitrogen and oxygen atoms in total. The Hall–Kier alpha value is -0.870. The van der Waals surface area contributed by atoms with E-state index in [1.54, 1.807) is 13.0 Å². The molecule has 1 aromatic heterocycles. The Labute approximate surface area is 107 Å². The van der Waals surface area contributed by atoms with Gasteiger partial charge in [-0.2, -0.15) is 0 Å². The van der Waals surface area contributed by atoms with Gasteiger partial charge in [0.1, 0.15) is 16.8 Å². The predicted octanol–water partition coefficient (Wildman–Crippen LogP) is 2.82. The van der Waals surface area contributed by atoms with Crippen molar-refractivity contribution in [1.82, 2.24) is 9.97 Å². The molecular formula is C12H20ClN3O. The second kappa shape index (κ2) is 5.19. The van der Waals surface area contributed by atoms with Crippen molar-refractivity contribution in [1.29, 1.82) is 0 Å². The van der Waals surface area contributed by atoms with E-state index in [2.05, 4.69) is 15.3 Å². The maximum Gasteiger partial charge on any atom is 0.135 e. The molecule has 0 aliphatic heterocycles. The third-order valence-electron chi connectivity index (χ3n) is 2.72. The smallest absolute Gasteiger partial charge is 0.135 e. The topological polar surface area (TPSA) is 58.0 Å². The normalized spacial score (nSPS) is 13.9. The van der Waals surface area contributed by atoms with Crippen LogP contribution in [0.5, 0.6) is 0 Å². The molecule has 0 aliphatic carbocycles. The van der Waals surface area contributed by atoms with Crippen LogP contribution in [-0.4, -0.2) is 26.7 Å². The van der Waals surface area contributed by atoms with E-state index in [1.807, 2.05) is 27.7 Å².